The number of nitrogens with zero attached hydrogens (tertiary/aromatic N) is 1. The number of hydrogen-bond donors (Lipinski definition) is 2. The fraction of sp³-hybridized carbons (Fsp3) is 0.833. The highest BCUT2D eigenvalue weighted by atomic mass is 16.2. The van der Waals surface area contributed by atoms with E-state index in [1.165, 1.54) is 4.90 Å². The van der Waals surface area contributed by atoms with Crippen molar-refractivity contribution in [3.63, 3.8) is 0 Å². The zero-order valence-corrected chi connectivity index (χ0v) is 11.0. The van der Waals surface area contributed by atoms with Gasteiger partial charge in [-0.3, -0.25) is 9.59 Å². The third-order valence-corrected chi connectivity index (χ3v) is 3.12. The van der Waals surface area contributed by atoms with Crippen LogP contribution in [0.4, 0.5) is 0 Å². The summed E-state index contributed by atoms with van der Waals surface area (Å²) < 4.78 is 0. The summed E-state index contributed by atoms with van der Waals surface area (Å²) in [7, 11) is 3.38. The molecule has 98 valence electrons. The van der Waals surface area contributed by atoms with Crippen LogP contribution < -0.4 is 10.6 Å². The number of rotatable bonds is 4. The molecule has 0 aromatic heterocycles. The Morgan fingerprint density at radius 3 is 2.47 bits per heavy atom. The van der Waals surface area contributed by atoms with Gasteiger partial charge in [-0.1, -0.05) is 0 Å². The molecule has 1 rings (SSSR count). The van der Waals surface area contributed by atoms with E-state index in [0.717, 1.165) is 25.9 Å². The number of amides is 2. The summed E-state index contributed by atoms with van der Waals surface area (Å²) in [6.07, 6.45) is 2.62. The van der Waals surface area contributed by atoms with Crippen molar-refractivity contribution in [2.45, 2.75) is 32.2 Å². The Bertz CT molecular complexity index is 273. The van der Waals surface area contributed by atoms with Crippen LogP contribution in [0.5, 0.6) is 0 Å². The van der Waals surface area contributed by atoms with Gasteiger partial charge in [-0.2, -0.15) is 0 Å². The molecule has 17 heavy (non-hydrogen) atoms. The van der Waals surface area contributed by atoms with Gasteiger partial charge < -0.3 is 15.5 Å². The lowest BCUT2D eigenvalue weighted by Gasteiger charge is -2.23. The highest BCUT2D eigenvalue weighted by Gasteiger charge is 2.20. The van der Waals surface area contributed by atoms with E-state index in [9.17, 15) is 9.59 Å². The van der Waals surface area contributed by atoms with Gasteiger partial charge in [0.05, 0.1) is 0 Å². The first kappa shape index (κ1) is 14.0. The van der Waals surface area contributed by atoms with Gasteiger partial charge in [-0.15, -0.1) is 0 Å². The summed E-state index contributed by atoms with van der Waals surface area (Å²) in [5.74, 6) is 0.376. The van der Waals surface area contributed by atoms with Gasteiger partial charge in [0.15, 0.2) is 0 Å². The molecule has 1 saturated heterocycles. The fourth-order valence-corrected chi connectivity index (χ4v) is 2.10. The molecule has 0 aromatic rings. The minimum atomic E-state index is -0.431. The van der Waals surface area contributed by atoms with E-state index >= 15 is 0 Å². The Kier molecular flexibility index (Phi) is 5.41. The van der Waals surface area contributed by atoms with E-state index in [4.69, 9.17) is 0 Å². The topological polar surface area (TPSA) is 61.4 Å². The summed E-state index contributed by atoms with van der Waals surface area (Å²) in [5.41, 5.74) is 0. The van der Waals surface area contributed by atoms with E-state index in [0.29, 0.717) is 12.3 Å². The second kappa shape index (κ2) is 6.59. The van der Waals surface area contributed by atoms with Gasteiger partial charge in [0.2, 0.25) is 11.8 Å². The van der Waals surface area contributed by atoms with E-state index in [-0.39, 0.29) is 11.8 Å². The summed E-state index contributed by atoms with van der Waals surface area (Å²) >= 11 is 0. The number of piperidine rings is 1. The van der Waals surface area contributed by atoms with E-state index in [2.05, 4.69) is 10.6 Å². The van der Waals surface area contributed by atoms with Crippen LogP contribution in [0, 0.1) is 5.92 Å². The molecule has 1 unspecified atom stereocenters. The Labute approximate surface area is 103 Å². The van der Waals surface area contributed by atoms with Crippen molar-refractivity contribution < 1.29 is 9.59 Å². The van der Waals surface area contributed by atoms with Crippen molar-refractivity contribution in [2.75, 3.05) is 27.2 Å². The van der Waals surface area contributed by atoms with E-state index in [1.54, 1.807) is 21.0 Å². The zero-order chi connectivity index (χ0) is 12.8. The number of carbonyl (C=O) groups excluding carboxylic acids is 2. The molecule has 1 fully saturated rings. The Hall–Kier alpha value is -1.10. The van der Waals surface area contributed by atoms with Crippen molar-refractivity contribution in [1.82, 2.24) is 15.5 Å². The molecule has 2 N–H and O–H groups in total. The molecule has 1 heterocycles. The summed E-state index contributed by atoms with van der Waals surface area (Å²) in [5, 5.41) is 6.03. The number of likely N-dealkylation sites (N-methyl/N-ethyl adjacent to an activating group) is 1. The second-order valence-corrected chi connectivity index (χ2v) is 4.92. The molecule has 5 heteroatoms. The molecule has 1 aliphatic heterocycles. The molecule has 0 aromatic carbocycles. The summed E-state index contributed by atoms with van der Waals surface area (Å²) in [6, 6.07) is -0.431. The molecular weight excluding hydrogens is 218 g/mol. The second-order valence-electron chi connectivity index (χ2n) is 4.92. The minimum absolute atomic E-state index is 0.0143. The predicted octanol–water partition coefficient (Wildman–Crippen LogP) is -0.0310. The normalized spacial score (nSPS) is 18.5. The maximum absolute atomic E-state index is 11.7. The highest BCUT2D eigenvalue weighted by Crippen LogP contribution is 2.15. The standard InChI is InChI=1S/C12H23N3O2/c1-9(12(17)15(2)3)14-11(16)8-10-4-6-13-7-5-10/h9-10,13H,4-8H2,1-3H3,(H,14,16). The molecule has 1 atom stereocenters. The largest absolute Gasteiger partial charge is 0.347 e. The highest BCUT2D eigenvalue weighted by molar-refractivity contribution is 5.87. The number of nitrogens with one attached hydrogen (secondary N) is 2. The molecule has 0 saturated carbocycles. The first-order valence-electron chi connectivity index (χ1n) is 6.22. The molecule has 0 spiro atoms. The molecular formula is C12H23N3O2. The first-order valence-corrected chi connectivity index (χ1v) is 6.22. The maximum Gasteiger partial charge on any atom is 0.244 e. The quantitative estimate of drug-likeness (QED) is 0.726. The fourth-order valence-electron chi connectivity index (χ4n) is 2.10. The average molecular weight is 241 g/mol. The van der Waals surface area contributed by atoms with Crippen LogP contribution in [0.1, 0.15) is 26.2 Å². The van der Waals surface area contributed by atoms with Gasteiger partial charge in [-0.05, 0) is 38.8 Å². The molecule has 0 radical (unpaired) electrons. The minimum Gasteiger partial charge on any atom is -0.347 e. The van der Waals surface area contributed by atoms with Crippen LogP contribution >= 0.6 is 0 Å². The Morgan fingerprint density at radius 2 is 1.94 bits per heavy atom. The van der Waals surface area contributed by atoms with Crippen molar-refractivity contribution >= 4 is 11.8 Å². The van der Waals surface area contributed by atoms with Crippen molar-refractivity contribution in [1.29, 1.82) is 0 Å². The average Bonchev–Trinajstić information content (AvgIpc) is 2.28. The van der Waals surface area contributed by atoms with Crippen LogP contribution in [0.3, 0.4) is 0 Å². The predicted molar refractivity (Wildman–Crippen MR) is 66.5 cm³/mol. The summed E-state index contributed by atoms with van der Waals surface area (Å²) in [6.45, 7) is 3.71. The van der Waals surface area contributed by atoms with Crippen molar-refractivity contribution in [3.8, 4) is 0 Å². The molecule has 5 nitrogen and oxygen atoms in total. The molecule has 1 aliphatic rings. The van der Waals surface area contributed by atoms with Gasteiger partial charge in [0.1, 0.15) is 6.04 Å². The van der Waals surface area contributed by atoms with Crippen LogP contribution in [-0.2, 0) is 9.59 Å². The van der Waals surface area contributed by atoms with Crippen LogP contribution in [0.2, 0.25) is 0 Å². The van der Waals surface area contributed by atoms with Crippen molar-refractivity contribution in [2.24, 2.45) is 5.92 Å². The molecule has 0 bridgehead atoms. The Morgan fingerprint density at radius 1 is 1.35 bits per heavy atom. The van der Waals surface area contributed by atoms with Crippen LogP contribution in [0.25, 0.3) is 0 Å². The molecule has 0 aliphatic carbocycles. The third-order valence-electron chi connectivity index (χ3n) is 3.12. The van der Waals surface area contributed by atoms with Gasteiger partial charge in [0.25, 0.3) is 0 Å². The first-order chi connectivity index (χ1) is 8.00. The maximum atomic E-state index is 11.7. The Balaban J connectivity index is 2.30. The number of hydrogen-bond acceptors (Lipinski definition) is 3. The third kappa shape index (κ3) is 4.73. The molecule has 2 amide bonds. The van der Waals surface area contributed by atoms with Crippen LogP contribution in [0.15, 0.2) is 0 Å². The van der Waals surface area contributed by atoms with Gasteiger partial charge in [-0.25, -0.2) is 0 Å². The zero-order valence-electron chi connectivity index (χ0n) is 11.0. The lowest BCUT2D eigenvalue weighted by atomic mass is 9.94. The van der Waals surface area contributed by atoms with Crippen LogP contribution in [-0.4, -0.2) is 49.9 Å². The number of carbonyl (C=O) groups is 2. The smallest absolute Gasteiger partial charge is 0.244 e. The lowest BCUT2D eigenvalue weighted by Crippen LogP contribution is -2.45. The lowest BCUT2D eigenvalue weighted by molar-refractivity contribution is -0.134. The van der Waals surface area contributed by atoms with Gasteiger partial charge in [0, 0.05) is 20.5 Å². The van der Waals surface area contributed by atoms with E-state index < -0.39 is 6.04 Å². The monoisotopic (exact) mass is 241 g/mol. The summed E-state index contributed by atoms with van der Waals surface area (Å²) in [4.78, 5) is 24.8. The van der Waals surface area contributed by atoms with Crippen molar-refractivity contribution in [3.05, 3.63) is 0 Å². The SMILES string of the molecule is CC(NC(=O)CC1CCNCC1)C(=O)N(C)C. The van der Waals surface area contributed by atoms with E-state index in [1.807, 2.05) is 0 Å². The van der Waals surface area contributed by atoms with Gasteiger partial charge >= 0.3 is 0 Å².